The molecule has 0 saturated heterocycles. The van der Waals surface area contributed by atoms with Crippen LogP contribution in [0.1, 0.15) is 39.5 Å². The minimum Gasteiger partial charge on any atom is -0.469 e. The molecule has 1 unspecified atom stereocenters. The van der Waals surface area contributed by atoms with Gasteiger partial charge in [0.1, 0.15) is 17.4 Å². The van der Waals surface area contributed by atoms with Crippen molar-refractivity contribution >= 4 is 17.7 Å². The van der Waals surface area contributed by atoms with Crippen molar-refractivity contribution in [2.24, 2.45) is 16.7 Å². The molecule has 21 heavy (non-hydrogen) atoms. The highest BCUT2D eigenvalue weighted by Gasteiger charge is 2.68. The van der Waals surface area contributed by atoms with E-state index in [9.17, 15) is 14.4 Å². The van der Waals surface area contributed by atoms with Gasteiger partial charge in [-0.15, -0.1) is 0 Å². The van der Waals surface area contributed by atoms with Crippen molar-refractivity contribution in [3.05, 3.63) is 0 Å². The first-order chi connectivity index (χ1) is 9.79. The first-order valence-corrected chi connectivity index (χ1v) is 7.23. The number of methoxy groups -OCH3 is 2. The second kappa shape index (κ2) is 5.40. The van der Waals surface area contributed by atoms with Crippen LogP contribution in [-0.2, 0) is 23.9 Å². The average Bonchev–Trinajstić information content (AvgIpc) is 2.81. The van der Waals surface area contributed by atoms with E-state index in [1.807, 2.05) is 13.8 Å². The zero-order valence-corrected chi connectivity index (χ0v) is 13.0. The van der Waals surface area contributed by atoms with Crippen molar-refractivity contribution < 1.29 is 23.9 Å². The Morgan fingerprint density at radius 3 is 2.48 bits per heavy atom. The number of ketones is 1. The van der Waals surface area contributed by atoms with Crippen LogP contribution in [0.3, 0.4) is 0 Å². The molecule has 0 aromatic rings. The Hall–Kier alpha value is -1.43. The third-order valence-corrected chi connectivity index (χ3v) is 5.44. The molecule has 0 heterocycles. The number of carbonyl (C=O) groups is 3. The Kier molecular flexibility index (Phi) is 4.10. The lowest BCUT2D eigenvalue weighted by atomic mass is 9.68. The molecule has 0 aromatic heterocycles. The molecule has 0 aromatic carbocycles. The predicted octanol–water partition coefficient (Wildman–Crippen LogP) is 1.03. The molecule has 3 atom stereocenters. The summed E-state index contributed by atoms with van der Waals surface area (Å²) in [5.41, 5.74) is -1.33. The summed E-state index contributed by atoms with van der Waals surface area (Å²) in [6.07, 6.45) is 1.08. The molecule has 2 aliphatic carbocycles. The van der Waals surface area contributed by atoms with Crippen LogP contribution in [0.15, 0.2) is 0 Å². The fourth-order valence-corrected chi connectivity index (χ4v) is 3.91. The number of amides is 1. The van der Waals surface area contributed by atoms with E-state index in [0.717, 1.165) is 6.42 Å². The van der Waals surface area contributed by atoms with Gasteiger partial charge < -0.3 is 14.8 Å². The van der Waals surface area contributed by atoms with Crippen LogP contribution < -0.4 is 5.32 Å². The molecule has 6 heteroatoms. The summed E-state index contributed by atoms with van der Waals surface area (Å²) < 4.78 is 9.69. The van der Waals surface area contributed by atoms with Crippen molar-refractivity contribution in [1.82, 2.24) is 5.32 Å². The fourth-order valence-electron chi connectivity index (χ4n) is 3.91. The number of hydrogen-bond acceptors (Lipinski definition) is 5. The van der Waals surface area contributed by atoms with Crippen molar-refractivity contribution in [3.8, 4) is 0 Å². The largest absolute Gasteiger partial charge is 0.469 e. The monoisotopic (exact) mass is 297 g/mol. The summed E-state index contributed by atoms with van der Waals surface area (Å²) in [6, 6.07) is 0. The van der Waals surface area contributed by atoms with Crippen LogP contribution in [0.5, 0.6) is 0 Å². The maximum Gasteiger partial charge on any atom is 0.310 e. The van der Waals surface area contributed by atoms with E-state index in [4.69, 9.17) is 4.74 Å². The van der Waals surface area contributed by atoms with Crippen LogP contribution >= 0.6 is 0 Å². The zero-order valence-electron chi connectivity index (χ0n) is 13.0. The van der Waals surface area contributed by atoms with Crippen molar-refractivity contribution in [2.75, 3.05) is 14.2 Å². The van der Waals surface area contributed by atoms with Gasteiger partial charge in [0.05, 0.1) is 13.5 Å². The molecule has 118 valence electrons. The molecule has 0 spiro atoms. The minimum atomic E-state index is -0.982. The molecule has 2 aliphatic rings. The van der Waals surface area contributed by atoms with E-state index in [0.29, 0.717) is 12.8 Å². The Bertz CT molecular complexity index is 473. The van der Waals surface area contributed by atoms with Crippen molar-refractivity contribution in [1.29, 1.82) is 0 Å². The third kappa shape index (κ3) is 2.25. The Morgan fingerprint density at radius 2 is 2.05 bits per heavy atom. The molecule has 2 saturated carbocycles. The number of rotatable bonds is 5. The quantitative estimate of drug-likeness (QED) is 0.466. The lowest BCUT2D eigenvalue weighted by Crippen LogP contribution is -2.53. The maximum atomic E-state index is 12.7. The number of hydrogen-bond donors (Lipinski definition) is 1. The molecule has 1 amide bonds. The number of esters is 1. The molecule has 2 rings (SSSR count). The maximum absolute atomic E-state index is 12.7. The van der Waals surface area contributed by atoms with E-state index in [2.05, 4.69) is 10.1 Å². The third-order valence-electron chi connectivity index (χ3n) is 5.44. The molecule has 2 bridgehead atoms. The summed E-state index contributed by atoms with van der Waals surface area (Å²) in [4.78, 5) is 36.4. The summed E-state index contributed by atoms with van der Waals surface area (Å²) in [5.74, 6) is -0.527. The van der Waals surface area contributed by atoms with Gasteiger partial charge in [0.25, 0.3) is 0 Å². The first-order valence-electron chi connectivity index (χ1n) is 7.23. The van der Waals surface area contributed by atoms with Gasteiger partial charge in [-0.05, 0) is 24.2 Å². The number of Topliss-reactive ketones (excluding diaryl/α,β-unsaturated/α-hetero) is 1. The van der Waals surface area contributed by atoms with Gasteiger partial charge in [-0.25, -0.2) is 0 Å². The molecule has 6 nitrogen and oxygen atoms in total. The zero-order chi connectivity index (χ0) is 15.8. The first kappa shape index (κ1) is 15.9. The van der Waals surface area contributed by atoms with Gasteiger partial charge in [0.2, 0.25) is 5.91 Å². The number of nitrogens with one attached hydrogen (secondary N) is 1. The molecule has 1 N–H and O–H groups in total. The number of ether oxygens (including phenoxy) is 2. The topological polar surface area (TPSA) is 81.7 Å². The summed E-state index contributed by atoms with van der Waals surface area (Å²) in [7, 11) is 2.69. The summed E-state index contributed by atoms with van der Waals surface area (Å²) in [6.45, 7) is 3.97. The molecule has 2 fully saturated rings. The van der Waals surface area contributed by atoms with E-state index >= 15 is 0 Å². The summed E-state index contributed by atoms with van der Waals surface area (Å²) >= 11 is 0. The molecular formula is C15H23NO5. The van der Waals surface area contributed by atoms with Gasteiger partial charge in [-0.3, -0.25) is 14.4 Å². The van der Waals surface area contributed by atoms with Crippen LogP contribution in [0.2, 0.25) is 0 Å². The average molecular weight is 297 g/mol. The second-order valence-electron chi connectivity index (χ2n) is 6.47. The SMILES string of the molecule is COC(=O)CC(NC(=O)[C@]12CC[C@H](CC1=O)C2(C)C)OC. The smallest absolute Gasteiger partial charge is 0.310 e. The van der Waals surface area contributed by atoms with E-state index in [1.54, 1.807) is 0 Å². The summed E-state index contributed by atoms with van der Waals surface area (Å²) in [5, 5.41) is 2.70. The number of carbonyl (C=O) groups excluding carboxylic acids is 3. The van der Waals surface area contributed by atoms with Gasteiger partial charge in [-0.2, -0.15) is 0 Å². The number of fused-ring (bicyclic) bond motifs is 2. The lowest BCUT2D eigenvalue weighted by molar-refractivity contribution is -0.149. The van der Waals surface area contributed by atoms with Gasteiger partial charge in [0.15, 0.2) is 0 Å². The normalized spacial score (nSPS) is 31.0. The molecule has 0 aliphatic heterocycles. The Morgan fingerprint density at radius 1 is 1.38 bits per heavy atom. The van der Waals surface area contributed by atoms with Gasteiger partial charge in [-0.1, -0.05) is 13.8 Å². The Balaban J connectivity index is 2.15. The van der Waals surface area contributed by atoms with Crippen LogP contribution in [0.25, 0.3) is 0 Å². The van der Waals surface area contributed by atoms with E-state index < -0.39 is 17.6 Å². The molecule has 0 radical (unpaired) electrons. The Labute approximate surface area is 124 Å². The lowest BCUT2D eigenvalue weighted by Gasteiger charge is -2.35. The highest BCUT2D eigenvalue weighted by Crippen LogP contribution is 2.63. The highest BCUT2D eigenvalue weighted by atomic mass is 16.5. The van der Waals surface area contributed by atoms with E-state index in [-0.39, 0.29) is 29.4 Å². The van der Waals surface area contributed by atoms with Crippen molar-refractivity contribution in [3.63, 3.8) is 0 Å². The van der Waals surface area contributed by atoms with Gasteiger partial charge >= 0.3 is 5.97 Å². The second-order valence-corrected chi connectivity index (χ2v) is 6.47. The fraction of sp³-hybridized carbons (Fsp3) is 0.800. The highest BCUT2D eigenvalue weighted by molar-refractivity contribution is 6.09. The van der Waals surface area contributed by atoms with Crippen LogP contribution in [0, 0.1) is 16.7 Å². The molecular weight excluding hydrogens is 274 g/mol. The van der Waals surface area contributed by atoms with Gasteiger partial charge in [0, 0.05) is 13.5 Å². The van der Waals surface area contributed by atoms with E-state index in [1.165, 1.54) is 14.2 Å². The van der Waals surface area contributed by atoms with Crippen LogP contribution in [-0.4, -0.2) is 38.1 Å². The predicted molar refractivity (Wildman–Crippen MR) is 74.1 cm³/mol. The van der Waals surface area contributed by atoms with Crippen molar-refractivity contribution in [2.45, 2.75) is 45.8 Å². The standard InChI is InChI=1S/C15H23NO5/c1-14(2)9-5-6-15(14,10(17)7-9)13(19)16-11(20-3)8-12(18)21-4/h9,11H,5-8H2,1-4H3,(H,16,19)/t9-,11?,15+/m1/s1. The minimum absolute atomic E-state index is 0.00849. The van der Waals surface area contributed by atoms with Crippen LogP contribution in [0.4, 0.5) is 0 Å².